The molecule has 2 amide bonds. The van der Waals surface area contributed by atoms with E-state index in [1.807, 2.05) is 47.4 Å². The second-order valence-corrected chi connectivity index (χ2v) is 9.52. The molecular weight excluding hydrogens is 428 g/mol. The van der Waals surface area contributed by atoms with Gasteiger partial charge in [-0.3, -0.25) is 9.59 Å². The molecule has 3 aromatic rings. The van der Waals surface area contributed by atoms with Crippen molar-refractivity contribution in [3.63, 3.8) is 0 Å². The van der Waals surface area contributed by atoms with E-state index in [1.165, 1.54) is 11.8 Å². The van der Waals surface area contributed by atoms with Crippen molar-refractivity contribution in [3.8, 4) is 0 Å². The summed E-state index contributed by atoms with van der Waals surface area (Å²) >= 11 is 7.67. The van der Waals surface area contributed by atoms with Crippen molar-refractivity contribution in [1.82, 2.24) is 4.90 Å². The number of nitrogens with zero attached hydrogens (tertiary/aromatic N) is 2. The van der Waals surface area contributed by atoms with E-state index in [0.29, 0.717) is 29.4 Å². The maximum absolute atomic E-state index is 14.0. The van der Waals surface area contributed by atoms with Gasteiger partial charge in [0, 0.05) is 28.4 Å². The molecule has 0 aliphatic carbocycles. The molecule has 156 valence electrons. The Labute approximate surface area is 190 Å². The average molecular weight is 449 g/mol. The highest BCUT2D eigenvalue weighted by atomic mass is 35.5. The summed E-state index contributed by atoms with van der Waals surface area (Å²) in [6.45, 7) is 3.04. The zero-order valence-corrected chi connectivity index (χ0v) is 18.6. The van der Waals surface area contributed by atoms with Crippen molar-refractivity contribution in [2.75, 3.05) is 17.2 Å². The van der Waals surface area contributed by atoms with Crippen LogP contribution in [0.4, 0.5) is 5.69 Å². The van der Waals surface area contributed by atoms with Gasteiger partial charge in [0.05, 0.1) is 12.2 Å². The minimum Gasteiger partial charge on any atom is -0.311 e. The summed E-state index contributed by atoms with van der Waals surface area (Å²) in [4.78, 5) is 30.0. The minimum atomic E-state index is -1.04. The Hall–Kier alpha value is -2.76. The van der Waals surface area contributed by atoms with Crippen molar-refractivity contribution in [1.29, 1.82) is 0 Å². The van der Waals surface area contributed by atoms with E-state index in [9.17, 15) is 9.59 Å². The van der Waals surface area contributed by atoms with Crippen LogP contribution in [0.2, 0.25) is 5.02 Å². The van der Waals surface area contributed by atoms with Crippen LogP contribution in [0.1, 0.15) is 27.0 Å². The number of rotatable bonds is 3. The van der Waals surface area contributed by atoms with Gasteiger partial charge in [-0.1, -0.05) is 60.1 Å². The van der Waals surface area contributed by atoms with Crippen molar-refractivity contribution >= 4 is 40.9 Å². The molecule has 31 heavy (non-hydrogen) atoms. The van der Waals surface area contributed by atoms with Gasteiger partial charge in [-0.2, -0.15) is 0 Å². The van der Waals surface area contributed by atoms with Crippen molar-refractivity contribution < 1.29 is 9.59 Å². The Balaban J connectivity index is 1.59. The van der Waals surface area contributed by atoms with Crippen molar-refractivity contribution in [2.45, 2.75) is 18.3 Å². The van der Waals surface area contributed by atoms with Gasteiger partial charge < -0.3 is 9.80 Å². The molecule has 1 atom stereocenters. The zero-order chi connectivity index (χ0) is 21.6. The van der Waals surface area contributed by atoms with Crippen LogP contribution in [0.3, 0.4) is 0 Å². The van der Waals surface area contributed by atoms with Crippen LogP contribution in [-0.2, 0) is 16.2 Å². The van der Waals surface area contributed by atoms with Crippen LogP contribution in [0, 0.1) is 6.92 Å². The summed E-state index contributed by atoms with van der Waals surface area (Å²) < 4.78 is 0. The van der Waals surface area contributed by atoms with Gasteiger partial charge in [0.25, 0.3) is 11.8 Å². The van der Waals surface area contributed by atoms with Gasteiger partial charge in [0.2, 0.25) is 0 Å². The van der Waals surface area contributed by atoms with Gasteiger partial charge in [-0.25, -0.2) is 0 Å². The van der Waals surface area contributed by atoms with Crippen LogP contribution in [0.5, 0.6) is 0 Å². The van der Waals surface area contributed by atoms with Gasteiger partial charge in [-0.05, 0) is 42.3 Å². The monoisotopic (exact) mass is 448 g/mol. The van der Waals surface area contributed by atoms with Crippen molar-refractivity contribution in [3.05, 3.63) is 100 Å². The fourth-order valence-corrected chi connectivity index (χ4v) is 6.11. The summed E-state index contributed by atoms with van der Waals surface area (Å²) in [6, 6.07) is 22.8. The molecule has 1 unspecified atom stereocenters. The Morgan fingerprint density at radius 3 is 2.65 bits per heavy atom. The molecule has 1 fully saturated rings. The summed E-state index contributed by atoms with van der Waals surface area (Å²) in [5, 5.41) is 0.506. The number of amides is 2. The number of halogens is 1. The molecule has 0 radical (unpaired) electrons. The van der Waals surface area contributed by atoms with E-state index in [-0.39, 0.29) is 11.8 Å². The summed E-state index contributed by atoms with van der Waals surface area (Å²) in [7, 11) is 0. The Morgan fingerprint density at radius 2 is 1.84 bits per heavy atom. The van der Waals surface area contributed by atoms with E-state index in [2.05, 4.69) is 13.0 Å². The second kappa shape index (κ2) is 7.74. The van der Waals surface area contributed by atoms with Gasteiger partial charge in [-0.15, -0.1) is 11.8 Å². The first kappa shape index (κ1) is 20.2. The SMILES string of the molecule is Cc1ccccc1CN1C(=O)C2(SCCN2C(=O)c2cccc(Cl)c2)c2ccccc21. The summed E-state index contributed by atoms with van der Waals surface area (Å²) in [5.74, 6) is 0.466. The maximum atomic E-state index is 14.0. The topological polar surface area (TPSA) is 40.6 Å². The Bertz CT molecular complexity index is 1200. The van der Waals surface area contributed by atoms with Crippen LogP contribution in [0.15, 0.2) is 72.8 Å². The maximum Gasteiger partial charge on any atom is 0.268 e. The second-order valence-electron chi connectivity index (χ2n) is 7.79. The first-order chi connectivity index (χ1) is 15.0. The molecule has 1 saturated heterocycles. The highest BCUT2D eigenvalue weighted by molar-refractivity contribution is 8.01. The Morgan fingerprint density at radius 1 is 1.06 bits per heavy atom. The lowest BCUT2D eigenvalue weighted by Crippen LogP contribution is -2.50. The number of hydrogen-bond acceptors (Lipinski definition) is 3. The normalized spacial score (nSPS) is 19.9. The predicted molar refractivity (Wildman–Crippen MR) is 125 cm³/mol. The molecular formula is C25H21ClN2O2S. The molecule has 4 nitrogen and oxygen atoms in total. The standard InChI is InChI=1S/C25H21ClN2O2S/c1-17-7-2-3-8-19(17)16-27-22-12-5-4-11-21(22)25(24(27)30)28(13-14-31-25)23(29)18-9-6-10-20(26)15-18/h2-12,15H,13-14,16H2,1H3. The lowest BCUT2D eigenvalue weighted by atomic mass is 10.0. The third kappa shape index (κ3) is 3.15. The van der Waals surface area contributed by atoms with Gasteiger partial charge in [0.1, 0.15) is 0 Å². The first-order valence-electron chi connectivity index (χ1n) is 10.2. The molecule has 3 aromatic carbocycles. The molecule has 0 N–H and O–H groups in total. The quantitative estimate of drug-likeness (QED) is 0.550. The van der Waals surface area contributed by atoms with Crippen LogP contribution in [-0.4, -0.2) is 29.0 Å². The third-order valence-electron chi connectivity index (χ3n) is 6.01. The van der Waals surface area contributed by atoms with Crippen LogP contribution >= 0.6 is 23.4 Å². The van der Waals surface area contributed by atoms with E-state index in [0.717, 1.165) is 22.4 Å². The number of thioether (sulfide) groups is 1. The Kier molecular flexibility index (Phi) is 5.03. The molecule has 0 aromatic heterocycles. The third-order valence-corrected chi connectivity index (χ3v) is 7.66. The molecule has 2 aliphatic rings. The fraction of sp³-hybridized carbons (Fsp3) is 0.200. The van der Waals surface area contributed by atoms with Gasteiger partial charge >= 0.3 is 0 Å². The van der Waals surface area contributed by atoms with E-state index in [4.69, 9.17) is 11.6 Å². The minimum absolute atomic E-state index is 0.0603. The van der Waals surface area contributed by atoms with E-state index in [1.54, 1.807) is 29.2 Å². The van der Waals surface area contributed by atoms with E-state index < -0.39 is 4.87 Å². The highest BCUT2D eigenvalue weighted by Gasteiger charge is 2.59. The van der Waals surface area contributed by atoms with Crippen molar-refractivity contribution in [2.24, 2.45) is 0 Å². The molecule has 5 rings (SSSR count). The number of benzene rings is 3. The number of anilines is 1. The number of fused-ring (bicyclic) bond motifs is 2. The largest absolute Gasteiger partial charge is 0.311 e. The lowest BCUT2D eigenvalue weighted by Gasteiger charge is -2.33. The number of carbonyl (C=O) groups excluding carboxylic acids is 2. The zero-order valence-electron chi connectivity index (χ0n) is 17.0. The van der Waals surface area contributed by atoms with E-state index >= 15 is 0 Å². The predicted octanol–water partition coefficient (Wildman–Crippen LogP) is 5.24. The lowest BCUT2D eigenvalue weighted by molar-refractivity contribution is -0.123. The molecule has 1 spiro atoms. The molecule has 2 aliphatic heterocycles. The van der Waals surface area contributed by atoms with Crippen LogP contribution in [0.25, 0.3) is 0 Å². The fourth-order valence-electron chi connectivity index (χ4n) is 4.46. The first-order valence-corrected chi connectivity index (χ1v) is 11.6. The number of hydrogen-bond donors (Lipinski definition) is 0. The molecule has 0 saturated carbocycles. The highest BCUT2D eigenvalue weighted by Crippen LogP contribution is 2.54. The summed E-state index contributed by atoms with van der Waals surface area (Å²) in [6.07, 6.45) is 0. The van der Waals surface area contributed by atoms with Gasteiger partial charge in [0.15, 0.2) is 4.87 Å². The molecule has 2 heterocycles. The average Bonchev–Trinajstić information content (AvgIpc) is 3.32. The smallest absolute Gasteiger partial charge is 0.268 e. The number of para-hydroxylation sites is 1. The van der Waals surface area contributed by atoms with Crippen LogP contribution < -0.4 is 4.90 Å². The molecule has 0 bridgehead atoms. The number of carbonyl (C=O) groups is 2. The number of aryl methyl sites for hydroxylation is 1. The molecule has 6 heteroatoms. The summed E-state index contributed by atoms with van der Waals surface area (Å²) in [5.41, 5.74) is 4.48.